The van der Waals surface area contributed by atoms with Gasteiger partial charge in [0, 0.05) is 29.2 Å². The minimum absolute atomic E-state index is 0.146. The SMILES string of the molecule is CC(=O)Nc1cccc(NC(=O)c2cc3ccc(C)cc3[nH]2)c1C. The second-order valence-corrected chi connectivity index (χ2v) is 5.89. The maximum absolute atomic E-state index is 12.5. The van der Waals surface area contributed by atoms with Gasteiger partial charge in [-0.05, 0) is 49.2 Å². The fraction of sp³-hybridized carbons (Fsp3) is 0.158. The van der Waals surface area contributed by atoms with Gasteiger partial charge in [0.2, 0.25) is 5.91 Å². The lowest BCUT2D eigenvalue weighted by atomic mass is 10.1. The summed E-state index contributed by atoms with van der Waals surface area (Å²) in [5.74, 6) is -0.362. The zero-order chi connectivity index (χ0) is 17.3. The standard InChI is InChI=1S/C19H19N3O2/c1-11-7-8-14-10-18(21-17(14)9-11)19(24)22-16-6-4-5-15(12(16)2)20-13(3)23/h4-10,21H,1-3H3,(H,20,23)(H,22,24). The minimum atomic E-state index is -0.216. The molecule has 0 bridgehead atoms. The summed E-state index contributed by atoms with van der Waals surface area (Å²) < 4.78 is 0. The van der Waals surface area contributed by atoms with Crippen molar-refractivity contribution in [1.82, 2.24) is 4.98 Å². The number of hydrogen-bond acceptors (Lipinski definition) is 2. The number of nitrogens with one attached hydrogen (secondary N) is 3. The molecule has 24 heavy (non-hydrogen) atoms. The molecule has 0 unspecified atom stereocenters. The van der Waals surface area contributed by atoms with E-state index in [2.05, 4.69) is 15.6 Å². The number of hydrogen-bond donors (Lipinski definition) is 3. The highest BCUT2D eigenvalue weighted by Crippen LogP contribution is 2.24. The third-order valence-corrected chi connectivity index (χ3v) is 3.92. The van der Waals surface area contributed by atoms with Crippen LogP contribution in [0.1, 0.15) is 28.5 Å². The zero-order valence-electron chi connectivity index (χ0n) is 13.9. The highest BCUT2D eigenvalue weighted by molar-refractivity contribution is 6.06. The number of aromatic amines is 1. The van der Waals surface area contributed by atoms with Gasteiger partial charge in [0.05, 0.1) is 0 Å². The van der Waals surface area contributed by atoms with Crippen LogP contribution in [0.25, 0.3) is 10.9 Å². The van der Waals surface area contributed by atoms with E-state index in [1.165, 1.54) is 6.92 Å². The number of carbonyl (C=O) groups is 2. The summed E-state index contributed by atoms with van der Waals surface area (Å²) in [6, 6.07) is 13.2. The maximum Gasteiger partial charge on any atom is 0.272 e. The first-order chi connectivity index (χ1) is 11.4. The fourth-order valence-corrected chi connectivity index (χ4v) is 2.65. The lowest BCUT2D eigenvalue weighted by Gasteiger charge is -2.12. The monoisotopic (exact) mass is 321 g/mol. The topological polar surface area (TPSA) is 74.0 Å². The van der Waals surface area contributed by atoms with E-state index in [1.54, 1.807) is 12.1 Å². The van der Waals surface area contributed by atoms with Crippen LogP contribution in [0.15, 0.2) is 42.5 Å². The van der Waals surface area contributed by atoms with E-state index < -0.39 is 0 Å². The lowest BCUT2D eigenvalue weighted by Crippen LogP contribution is -2.14. The van der Waals surface area contributed by atoms with Crippen molar-refractivity contribution >= 4 is 34.1 Å². The molecule has 5 nitrogen and oxygen atoms in total. The zero-order valence-corrected chi connectivity index (χ0v) is 13.9. The van der Waals surface area contributed by atoms with Crippen LogP contribution in [-0.2, 0) is 4.79 Å². The van der Waals surface area contributed by atoms with Crippen LogP contribution in [0, 0.1) is 13.8 Å². The summed E-state index contributed by atoms with van der Waals surface area (Å²) >= 11 is 0. The van der Waals surface area contributed by atoms with Gasteiger partial charge in [-0.25, -0.2) is 0 Å². The average Bonchev–Trinajstić information content (AvgIpc) is 2.94. The van der Waals surface area contributed by atoms with Crippen molar-refractivity contribution in [2.24, 2.45) is 0 Å². The van der Waals surface area contributed by atoms with E-state index in [1.807, 2.05) is 44.2 Å². The molecular formula is C19H19N3O2. The summed E-state index contributed by atoms with van der Waals surface area (Å²) in [6.45, 7) is 5.32. The van der Waals surface area contributed by atoms with Gasteiger partial charge in [0.1, 0.15) is 5.69 Å². The van der Waals surface area contributed by atoms with Gasteiger partial charge in [0.25, 0.3) is 5.91 Å². The van der Waals surface area contributed by atoms with Gasteiger partial charge in [-0.3, -0.25) is 9.59 Å². The van der Waals surface area contributed by atoms with Crippen LogP contribution in [0.4, 0.5) is 11.4 Å². The van der Waals surface area contributed by atoms with E-state index in [9.17, 15) is 9.59 Å². The van der Waals surface area contributed by atoms with Gasteiger partial charge in [-0.1, -0.05) is 18.2 Å². The number of benzene rings is 2. The Bertz CT molecular complexity index is 941. The van der Waals surface area contributed by atoms with Gasteiger partial charge in [-0.15, -0.1) is 0 Å². The van der Waals surface area contributed by atoms with Crippen molar-refractivity contribution in [2.45, 2.75) is 20.8 Å². The number of rotatable bonds is 3. The molecule has 0 aliphatic heterocycles. The number of anilines is 2. The number of aromatic nitrogens is 1. The lowest BCUT2D eigenvalue weighted by molar-refractivity contribution is -0.114. The van der Waals surface area contributed by atoms with Gasteiger partial charge >= 0.3 is 0 Å². The summed E-state index contributed by atoms with van der Waals surface area (Å²) in [5.41, 5.74) is 4.74. The highest BCUT2D eigenvalue weighted by Gasteiger charge is 2.12. The van der Waals surface area contributed by atoms with E-state index in [0.717, 1.165) is 22.0 Å². The summed E-state index contributed by atoms with van der Waals surface area (Å²) in [5, 5.41) is 6.65. The van der Waals surface area contributed by atoms with E-state index in [-0.39, 0.29) is 11.8 Å². The van der Waals surface area contributed by atoms with Crippen LogP contribution in [0.5, 0.6) is 0 Å². The summed E-state index contributed by atoms with van der Waals surface area (Å²) in [6.07, 6.45) is 0. The summed E-state index contributed by atoms with van der Waals surface area (Å²) in [4.78, 5) is 26.9. The second-order valence-electron chi connectivity index (χ2n) is 5.89. The average molecular weight is 321 g/mol. The number of amides is 2. The Hall–Kier alpha value is -3.08. The molecule has 5 heteroatoms. The molecule has 1 aromatic heterocycles. The van der Waals surface area contributed by atoms with Crippen molar-refractivity contribution in [3.63, 3.8) is 0 Å². The first-order valence-corrected chi connectivity index (χ1v) is 7.72. The quantitative estimate of drug-likeness (QED) is 0.682. The second kappa shape index (κ2) is 6.20. The van der Waals surface area contributed by atoms with Crippen LogP contribution >= 0.6 is 0 Å². The van der Waals surface area contributed by atoms with Crippen LogP contribution in [0.3, 0.4) is 0 Å². The fourth-order valence-electron chi connectivity index (χ4n) is 2.65. The molecule has 1 heterocycles. The van der Waals surface area contributed by atoms with Crippen LogP contribution in [0.2, 0.25) is 0 Å². The molecule has 0 atom stereocenters. The third-order valence-electron chi connectivity index (χ3n) is 3.92. The number of H-pyrrole nitrogens is 1. The molecule has 2 aromatic carbocycles. The van der Waals surface area contributed by atoms with Crippen molar-refractivity contribution in [3.05, 3.63) is 59.3 Å². The molecule has 122 valence electrons. The van der Waals surface area contributed by atoms with Crippen molar-refractivity contribution in [3.8, 4) is 0 Å². The van der Waals surface area contributed by atoms with Crippen molar-refractivity contribution in [1.29, 1.82) is 0 Å². The Balaban J connectivity index is 1.87. The number of carbonyl (C=O) groups excluding carboxylic acids is 2. The van der Waals surface area contributed by atoms with Gasteiger partial charge < -0.3 is 15.6 Å². The van der Waals surface area contributed by atoms with E-state index in [0.29, 0.717) is 17.1 Å². The summed E-state index contributed by atoms with van der Waals surface area (Å²) in [7, 11) is 0. The largest absolute Gasteiger partial charge is 0.351 e. The van der Waals surface area contributed by atoms with Crippen molar-refractivity contribution < 1.29 is 9.59 Å². The molecule has 0 saturated carbocycles. The molecule has 0 aliphatic rings. The Morgan fingerprint density at radius 1 is 0.958 bits per heavy atom. The first-order valence-electron chi connectivity index (χ1n) is 7.72. The Kier molecular flexibility index (Phi) is 4.08. The van der Waals surface area contributed by atoms with Gasteiger partial charge in [0.15, 0.2) is 0 Å². The normalized spacial score (nSPS) is 10.6. The molecule has 3 aromatic rings. The number of aryl methyl sites for hydroxylation is 1. The molecule has 2 amide bonds. The molecule has 3 N–H and O–H groups in total. The Labute approximate surface area is 140 Å². The Morgan fingerprint density at radius 2 is 1.67 bits per heavy atom. The third kappa shape index (κ3) is 3.15. The van der Waals surface area contributed by atoms with E-state index in [4.69, 9.17) is 0 Å². The smallest absolute Gasteiger partial charge is 0.272 e. The Morgan fingerprint density at radius 3 is 2.38 bits per heavy atom. The first kappa shape index (κ1) is 15.8. The van der Waals surface area contributed by atoms with Crippen LogP contribution < -0.4 is 10.6 Å². The molecule has 0 radical (unpaired) electrons. The predicted molar refractivity (Wildman–Crippen MR) is 96.5 cm³/mol. The van der Waals surface area contributed by atoms with Crippen LogP contribution in [-0.4, -0.2) is 16.8 Å². The predicted octanol–water partition coefficient (Wildman–Crippen LogP) is 4.00. The molecular weight excluding hydrogens is 302 g/mol. The molecule has 0 spiro atoms. The number of fused-ring (bicyclic) bond motifs is 1. The molecule has 3 rings (SSSR count). The van der Waals surface area contributed by atoms with Crippen molar-refractivity contribution in [2.75, 3.05) is 10.6 Å². The molecule has 0 saturated heterocycles. The maximum atomic E-state index is 12.5. The highest BCUT2D eigenvalue weighted by atomic mass is 16.2. The minimum Gasteiger partial charge on any atom is -0.351 e. The molecule has 0 aliphatic carbocycles. The molecule has 0 fully saturated rings. The van der Waals surface area contributed by atoms with Gasteiger partial charge in [-0.2, -0.15) is 0 Å². The van der Waals surface area contributed by atoms with E-state index >= 15 is 0 Å².